The van der Waals surface area contributed by atoms with Gasteiger partial charge in [-0.1, -0.05) is 19.0 Å². The van der Waals surface area contributed by atoms with Gasteiger partial charge in [0.1, 0.15) is 17.7 Å². The third kappa shape index (κ3) is 6.10. The molecule has 1 aromatic carbocycles. The fraction of sp³-hybridized carbons (Fsp3) is 0.444. The van der Waals surface area contributed by atoms with Gasteiger partial charge in [0.2, 0.25) is 0 Å². The van der Waals surface area contributed by atoms with Crippen LogP contribution in [0.5, 0.6) is 5.75 Å². The first-order valence-electron chi connectivity index (χ1n) is 8.30. The molecule has 0 fully saturated rings. The number of hydrogen-bond donors (Lipinski definition) is 2. The van der Waals surface area contributed by atoms with Gasteiger partial charge < -0.3 is 19.9 Å². The smallest absolute Gasteiger partial charge is 0.191 e. The molecule has 25 heavy (non-hydrogen) atoms. The first-order valence-corrected chi connectivity index (χ1v) is 8.30. The molecular weight excluding hydrogens is 323 g/mol. The number of halogens is 1. The number of guanidine groups is 1. The van der Waals surface area contributed by atoms with Gasteiger partial charge in [0.05, 0.1) is 18.8 Å². The third-order valence-electron chi connectivity index (χ3n) is 3.53. The van der Waals surface area contributed by atoms with Crippen molar-refractivity contribution in [1.82, 2.24) is 15.8 Å². The highest BCUT2D eigenvalue weighted by atomic mass is 19.1. The van der Waals surface area contributed by atoms with E-state index in [-0.39, 0.29) is 11.9 Å². The average molecular weight is 348 g/mol. The molecule has 1 atom stereocenters. The second kappa shape index (κ2) is 9.05. The normalized spacial score (nSPS) is 13.0. The van der Waals surface area contributed by atoms with Gasteiger partial charge in [0.15, 0.2) is 11.7 Å². The van der Waals surface area contributed by atoms with E-state index in [4.69, 9.17) is 9.26 Å². The van der Waals surface area contributed by atoms with E-state index in [0.29, 0.717) is 30.7 Å². The Kier molecular flexibility index (Phi) is 6.80. The summed E-state index contributed by atoms with van der Waals surface area (Å²) in [5.74, 6) is 2.07. The second-order valence-electron chi connectivity index (χ2n) is 6.06. The lowest BCUT2D eigenvalue weighted by molar-refractivity contribution is 0.223. The molecule has 2 aromatic rings. The molecule has 7 heteroatoms. The highest BCUT2D eigenvalue weighted by molar-refractivity contribution is 5.79. The van der Waals surface area contributed by atoms with Crippen LogP contribution in [0.2, 0.25) is 0 Å². The summed E-state index contributed by atoms with van der Waals surface area (Å²) >= 11 is 0. The predicted octanol–water partition coefficient (Wildman–Crippen LogP) is 3.07. The van der Waals surface area contributed by atoms with Gasteiger partial charge in [0, 0.05) is 13.1 Å². The summed E-state index contributed by atoms with van der Waals surface area (Å²) in [6.07, 6.45) is -0.109. The van der Waals surface area contributed by atoms with E-state index in [1.54, 1.807) is 19.2 Å². The molecule has 136 valence electrons. The molecule has 0 aliphatic heterocycles. The van der Waals surface area contributed by atoms with Crippen LogP contribution in [0.25, 0.3) is 0 Å². The van der Waals surface area contributed by atoms with Crippen molar-refractivity contribution in [2.75, 3.05) is 13.6 Å². The number of hydrogen-bond acceptors (Lipinski definition) is 4. The Morgan fingerprint density at radius 1 is 1.24 bits per heavy atom. The zero-order chi connectivity index (χ0) is 18.2. The van der Waals surface area contributed by atoms with E-state index in [2.05, 4.69) is 34.6 Å². The Morgan fingerprint density at radius 2 is 1.96 bits per heavy atom. The molecule has 6 nitrogen and oxygen atoms in total. The van der Waals surface area contributed by atoms with Crippen LogP contribution in [0.4, 0.5) is 4.39 Å². The lowest BCUT2D eigenvalue weighted by Crippen LogP contribution is -2.41. The molecule has 1 heterocycles. The molecule has 2 rings (SSSR count). The van der Waals surface area contributed by atoms with E-state index >= 15 is 0 Å². The molecule has 0 saturated heterocycles. The van der Waals surface area contributed by atoms with Gasteiger partial charge in [-0.05, 0) is 37.1 Å². The third-order valence-corrected chi connectivity index (χ3v) is 3.53. The van der Waals surface area contributed by atoms with Crippen LogP contribution in [0.1, 0.15) is 38.1 Å². The minimum absolute atomic E-state index is 0.109. The summed E-state index contributed by atoms with van der Waals surface area (Å²) in [7, 11) is 1.70. The van der Waals surface area contributed by atoms with E-state index < -0.39 is 0 Å². The second-order valence-corrected chi connectivity index (χ2v) is 6.06. The molecule has 0 spiro atoms. The lowest BCUT2D eigenvalue weighted by Gasteiger charge is -2.17. The van der Waals surface area contributed by atoms with Gasteiger partial charge in [-0.3, -0.25) is 4.99 Å². The van der Waals surface area contributed by atoms with Crippen LogP contribution in [0.15, 0.2) is 39.8 Å². The summed E-state index contributed by atoms with van der Waals surface area (Å²) in [6.45, 7) is 7.10. The standard InChI is InChI=1S/C18H25FN4O2/c1-12(2)17-9-16(25-23-17)11-22-18(20-4)21-10-13(3)24-15-7-5-14(19)6-8-15/h5-9,12-13H,10-11H2,1-4H3,(H2,20,21,22). The van der Waals surface area contributed by atoms with Crippen molar-refractivity contribution in [1.29, 1.82) is 0 Å². The van der Waals surface area contributed by atoms with Crippen LogP contribution in [0.3, 0.4) is 0 Å². The van der Waals surface area contributed by atoms with Crippen LogP contribution in [0, 0.1) is 5.82 Å². The van der Waals surface area contributed by atoms with Crippen LogP contribution >= 0.6 is 0 Å². The Labute approximate surface area is 147 Å². The SMILES string of the molecule is CN=C(NCc1cc(C(C)C)no1)NCC(C)Oc1ccc(F)cc1. The Morgan fingerprint density at radius 3 is 2.56 bits per heavy atom. The molecule has 0 bridgehead atoms. The predicted molar refractivity (Wildman–Crippen MR) is 95.3 cm³/mol. The molecule has 1 aromatic heterocycles. The number of rotatable bonds is 7. The molecule has 0 radical (unpaired) electrons. The number of aromatic nitrogens is 1. The topological polar surface area (TPSA) is 71.7 Å². The number of nitrogens with zero attached hydrogens (tertiary/aromatic N) is 2. The first kappa shape index (κ1) is 18.8. The molecule has 0 amide bonds. The summed E-state index contributed by atoms with van der Waals surface area (Å²) in [5.41, 5.74) is 0.932. The van der Waals surface area contributed by atoms with E-state index in [1.807, 2.05) is 13.0 Å². The Bertz CT molecular complexity index is 683. The van der Waals surface area contributed by atoms with Gasteiger partial charge in [-0.2, -0.15) is 0 Å². The van der Waals surface area contributed by atoms with Crippen molar-refractivity contribution in [3.8, 4) is 5.75 Å². The van der Waals surface area contributed by atoms with Crippen molar-refractivity contribution in [3.05, 3.63) is 47.6 Å². The Balaban J connectivity index is 1.76. The average Bonchev–Trinajstić information content (AvgIpc) is 3.06. The minimum Gasteiger partial charge on any atom is -0.489 e. The van der Waals surface area contributed by atoms with Crippen molar-refractivity contribution in [2.45, 2.75) is 39.3 Å². The fourth-order valence-electron chi connectivity index (χ4n) is 2.10. The van der Waals surface area contributed by atoms with Crippen LogP contribution in [-0.2, 0) is 6.54 Å². The summed E-state index contributed by atoms with van der Waals surface area (Å²) < 4.78 is 23.9. The van der Waals surface area contributed by atoms with E-state index in [0.717, 1.165) is 11.5 Å². The zero-order valence-corrected chi connectivity index (χ0v) is 15.0. The molecule has 1 unspecified atom stereocenters. The quantitative estimate of drug-likeness (QED) is 0.594. The van der Waals surface area contributed by atoms with Gasteiger partial charge >= 0.3 is 0 Å². The molecule has 0 saturated carbocycles. The fourth-order valence-corrected chi connectivity index (χ4v) is 2.10. The number of ether oxygens (including phenoxy) is 1. The molecular formula is C18H25FN4O2. The monoisotopic (exact) mass is 348 g/mol. The van der Waals surface area contributed by atoms with Crippen molar-refractivity contribution >= 4 is 5.96 Å². The van der Waals surface area contributed by atoms with Gasteiger partial charge in [-0.25, -0.2) is 4.39 Å². The summed E-state index contributed by atoms with van der Waals surface area (Å²) in [6, 6.07) is 7.90. The number of benzene rings is 1. The minimum atomic E-state index is -0.282. The molecule has 0 aliphatic rings. The Hall–Kier alpha value is -2.57. The highest BCUT2D eigenvalue weighted by Gasteiger charge is 2.09. The largest absolute Gasteiger partial charge is 0.489 e. The number of aliphatic imine (C=N–C) groups is 1. The summed E-state index contributed by atoms with van der Waals surface area (Å²) in [4.78, 5) is 4.16. The van der Waals surface area contributed by atoms with Crippen molar-refractivity contribution in [3.63, 3.8) is 0 Å². The van der Waals surface area contributed by atoms with Crippen LogP contribution < -0.4 is 15.4 Å². The van der Waals surface area contributed by atoms with Gasteiger partial charge in [0.25, 0.3) is 0 Å². The highest BCUT2D eigenvalue weighted by Crippen LogP contribution is 2.14. The lowest BCUT2D eigenvalue weighted by atomic mass is 10.1. The summed E-state index contributed by atoms with van der Waals surface area (Å²) in [5, 5.41) is 10.4. The molecule has 2 N–H and O–H groups in total. The van der Waals surface area contributed by atoms with Crippen molar-refractivity contribution in [2.24, 2.45) is 4.99 Å². The first-order chi connectivity index (χ1) is 12.0. The van der Waals surface area contributed by atoms with Crippen molar-refractivity contribution < 1.29 is 13.7 Å². The number of nitrogens with one attached hydrogen (secondary N) is 2. The maximum absolute atomic E-state index is 12.9. The maximum atomic E-state index is 12.9. The van der Waals surface area contributed by atoms with E-state index in [1.165, 1.54) is 12.1 Å². The van der Waals surface area contributed by atoms with E-state index in [9.17, 15) is 4.39 Å². The maximum Gasteiger partial charge on any atom is 0.191 e. The molecule has 0 aliphatic carbocycles. The van der Waals surface area contributed by atoms with Crippen LogP contribution in [-0.4, -0.2) is 30.8 Å². The van der Waals surface area contributed by atoms with Gasteiger partial charge in [-0.15, -0.1) is 0 Å². The zero-order valence-electron chi connectivity index (χ0n) is 15.0.